The number of hydrogen-bond acceptors (Lipinski definition) is 2. The summed E-state index contributed by atoms with van der Waals surface area (Å²) in [6.45, 7) is 8.80. The van der Waals surface area contributed by atoms with Crippen LogP contribution in [0.15, 0.2) is 12.7 Å². The maximum Gasteiger partial charge on any atom is 0.144 e. The maximum atomic E-state index is 4.80. The van der Waals surface area contributed by atoms with Gasteiger partial charge in [-0.2, -0.15) is 0 Å². The minimum atomic E-state index is 0.154. The standard InChI is InChI=1S/C7H13O2/c1-4-6-8-9-7(3)5-2/h4,6-7H,1,5H2,2-3H3. The van der Waals surface area contributed by atoms with Crippen LogP contribution in [0.3, 0.4) is 0 Å². The monoisotopic (exact) mass is 129 g/mol. The second-order valence-corrected chi connectivity index (χ2v) is 1.78. The van der Waals surface area contributed by atoms with E-state index >= 15 is 0 Å². The van der Waals surface area contributed by atoms with Crippen LogP contribution in [0.25, 0.3) is 0 Å². The van der Waals surface area contributed by atoms with E-state index in [9.17, 15) is 0 Å². The normalized spacial score (nSPS) is 13.1. The molecule has 0 rings (SSSR count). The summed E-state index contributed by atoms with van der Waals surface area (Å²) in [4.78, 5) is 9.40. The molecule has 0 aliphatic rings. The molecule has 0 aromatic rings. The molecule has 0 aromatic heterocycles. The predicted octanol–water partition coefficient (Wildman–Crippen LogP) is 2.08. The highest BCUT2D eigenvalue weighted by atomic mass is 17.2. The Hall–Kier alpha value is -0.340. The lowest BCUT2D eigenvalue weighted by Crippen LogP contribution is -2.04. The van der Waals surface area contributed by atoms with Crippen molar-refractivity contribution in [2.45, 2.75) is 26.4 Å². The van der Waals surface area contributed by atoms with Gasteiger partial charge >= 0.3 is 0 Å². The first-order valence-electron chi connectivity index (χ1n) is 3.07. The molecule has 2 heteroatoms. The Bertz CT molecular complexity index is 71.3. The van der Waals surface area contributed by atoms with Crippen molar-refractivity contribution < 1.29 is 9.78 Å². The van der Waals surface area contributed by atoms with Crippen LogP contribution in [0, 0.1) is 6.61 Å². The Morgan fingerprint density at radius 3 is 2.78 bits per heavy atom. The highest BCUT2D eigenvalue weighted by Gasteiger charge is 1.96. The summed E-state index contributed by atoms with van der Waals surface area (Å²) in [7, 11) is 0. The molecule has 0 heterocycles. The van der Waals surface area contributed by atoms with Gasteiger partial charge in [-0.25, -0.2) is 9.78 Å². The molecular weight excluding hydrogens is 116 g/mol. The van der Waals surface area contributed by atoms with Gasteiger partial charge in [-0.1, -0.05) is 13.0 Å². The average Bonchev–Trinajstić information content (AvgIpc) is 1.89. The van der Waals surface area contributed by atoms with Crippen LogP contribution in [-0.2, 0) is 9.78 Å². The molecule has 2 nitrogen and oxygen atoms in total. The zero-order chi connectivity index (χ0) is 7.11. The van der Waals surface area contributed by atoms with Crippen molar-refractivity contribution in [2.24, 2.45) is 0 Å². The van der Waals surface area contributed by atoms with Gasteiger partial charge in [0, 0.05) is 0 Å². The van der Waals surface area contributed by atoms with Gasteiger partial charge in [-0.15, -0.1) is 6.58 Å². The van der Waals surface area contributed by atoms with E-state index in [2.05, 4.69) is 11.5 Å². The minimum absolute atomic E-state index is 0.154. The Labute approximate surface area is 56.4 Å². The van der Waals surface area contributed by atoms with Crippen molar-refractivity contribution in [3.05, 3.63) is 19.3 Å². The Balaban J connectivity index is 2.96. The molecule has 53 valence electrons. The van der Waals surface area contributed by atoms with Crippen LogP contribution in [0.1, 0.15) is 20.3 Å². The first kappa shape index (κ1) is 8.66. The molecule has 0 fully saturated rings. The molecule has 0 saturated carbocycles. The van der Waals surface area contributed by atoms with Crippen LogP contribution >= 0.6 is 0 Å². The summed E-state index contributed by atoms with van der Waals surface area (Å²) in [5.74, 6) is 0. The summed E-state index contributed by atoms with van der Waals surface area (Å²) in [5, 5.41) is 0. The fourth-order valence-electron chi connectivity index (χ4n) is 0.234. The van der Waals surface area contributed by atoms with Crippen molar-refractivity contribution in [2.75, 3.05) is 0 Å². The lowest BCUT2D eigenvalue weighted by Gasteiger charge is -2.06. The Kier molecular flexibility index (Phi) is 5.57. The Morgan fingerprint density at radius 2 is 2.33 bits per heavy atom. The van der Waals surface area contributed by atoms with Crippen LogP contribution in [0.5, 0.6) is 0 Å². The van der Waals surface area contributed by atoms with Gasteiger partial charge in [0.2, 0.25) is 0 Å². The summed E-state index contributed by atoms with van der Waals surface area (Å²) >= 11 is 0. The van der Waals surface area contributed by atoms with Gasteiger partial charge in [0.25, 0.3) is 0 Å². The molecule has 1 unspecified atom stereocenters. The van der Waals surface area contributed by atoms with Gasteiger partial charge in [-0.3, -0.25) is 0 Å². The molecular formula is C7H13O2. The first-order chi connectivity index (χ1) is 4.31. The lowest BCUT2D eigenvalue weighted by atomic mass is 10.3. The van der Waals surface area contributed by atoms with E-state index in [0.29, 0.717) is 0 Å². The van der Waals surface area contributed by atoms with Crippen LogP contribution in [0.2, 0.25) is 0 Å². The molecule has 0 bridgehead atoms. The fraction of sp³-hybridized carbons (Fsp3) is 0.571. The second-order valence-electron chi connectivity index (χ2n) is 1.78. The highest BCUT2D eigenvalue weighted by Crippen LogP contribution is 1.97. The van der Waals surface area contributed by atoms with Gasteiger partial charge in [0.1, 0.15) is 6.61 Å². The van der Waals surface area contributed by atoms with Crippen molar-refractivity contribution >= 4 is 0 Å². The predicted molar refractivity (Wildman–Crippen MR) is 36.4 cm³/mol. The fourth-order valence-corrected chi connectivity index (χ4v) is 0.234. The molecule has 0 N–H and O–H groups in total. The van der Waals surface area contributed by atoms with Gasteiger partial charge in [0.15, 0.2) is 0 Å². The van der Waals surface area contributed by atoms with E-state index in [1.54, 1.807) is 0 Å². The topological polar surface area (TPSA) is 18.5 Å². The zero-order valence-corrected chi connectivity index (χ0v) is 5.96. The van der Waals surface area contributed by atoms with Crippen molar-refractivity contribution in [3.8, 4) is 0 Å². The number of rotatable bonds is 5. The van der Waals surface area contributed by atoms with Gasteiger partial charge in [-0.05, 0) is 13.3 Å². The zero-order valence-electron chi connectivity index (χ0n) is 5.96. The highest BCUT2D eigenvalue weighted by molar-refractivity contribution is 4.75. The lowest BCUT2D eigenvalue weighted by molar-refractivity contribution is -0.292. The molecule has 0 aliphatic heterocycles. The third kappa shape index (κ3) is 5.53. The molecule has 0 spiro atoms. The molecule has 1 atom stereocenters. The first-order valence-corrected chi connectivity index (χ1v) is 3.07. The van der Waals surface area contributed by atoms with Crippen LogP contribution in [0.4, 0.5) is 0 Å². The third-order valence-electron chi connectivity index (χ3n) is 0.947. The Morgan fingerprint density at radius 1 is 1.67 bits per heavy atom. The second kappa shape index (κ2) is 5.79. The number of hydrogen-bond donors (Lipinski definition) is 0. The molecule has 1 radical (unpaired) electrons. The quantitative estimate of drug-likeness (QED) is 0.321. The van der Waals surface area contributed by atoms with Crippen LogP contribution in [-0.4, -0.2) is 6.10 Å². The average molecular weight is 129 g/mol. The van der Waals surface area contributed by atoms with Crippen molar-refractivity contribution in [1.29, 1.82) is 0 Å². The largest absolute Gasteiger partial charge is 0.233 e. The van der Waals surface area contributed by atoms with E-state index in [-0.39, 0.29) is 6.10 Å². The summed E-state index contributed by atoms with van der Waals surface area (Å²) in [5.41, 5.74) is 0. The maximum absolute atomic E-state index is 4.80. The molecule has 0 saturated heterocycles. The van der Waals surface area contributed by atoms with E-state index in [1.807, 2.05) is 13.8 Å². The molecule has 0 aromatic carbocycles. The SMILES string of the molecule is C=C[CH]OOC(C)CC. The van der Waals surface area contributed by atoms with Gasteiger partial charge < -0.3 is 0 Å². The van der Waals surface area contributed by atoms with Crippen molar-refractivity contribution in [3.63, 3.8) is 0 Å². The summed E-state index contributed by atoms with van der Waals surface area (Å²) < 4.78 is 0. The molecule has 0 aliphatic carbocycles. The van der Waals surface area contributed by atoms with E-state index in [4.69, 9.17) is 4.89 Å². The van der Waals surface area contributed by atoms with E-state index in [0.717, 1.165) is 6.42 Å². The van der Waals surface area contributed by atoms with Crippen molar-refractivity contribution in [1.82, 2.24) is 0 Å². The third-order valence-corrected chi connectivity index (χ3v) is 0.947. The van der Waals surface area contributed by atoms with E-state index in [1.165, 1.54) is 12.7 Å². The smallest absolute Gasteiger partial charge is 0.144 e. The minimum Gasteiger partial charge on any atom is -0.233 e. The summed E-state index contributed by atoms with van der Waals surface area (Å²) in [6, 6.07) is 0. The van der Waals surface area contributed by atoms with Crippen LogP contribution < -0.4 is 0 Å². The van der Waals surface area contributed by atoms with Gasteiger partial charge in [0.05, 0.1) is 6.10 Å². The van der Waals surface area contributed by atoms with E-state index < -0.39 is 0 Å². The molecule has 0 amide bonds. The molecule has 9 heavy (non-hydrogen) atoms. The summed E-state index contributed by atoms with van der Waals surface area (Å²) in [6.07, 6.45) is 2.63.